The normalized spacial score (nSPS) is 21.0. The van der Waals surface area contributed by atoms with Crippen LogP contribution in [-0.2, 0) is 9.53 Å². The summed E-state index contributed by atoms with van der Waals surface area (Å²) < 4.78 is 4.66. The first kappa shape index (κ1) is 12.7. The second-order valence-corrected chi connectivity index (χ2v) is 5.00. The summed E-state index contributed by atoms with van der Waals surface area (Å²) in [4.78, 5) is 34.7. The van der Waals surface area contributed by atoms with E-state index in [4.69, 9.17) is 0 Å². The number of ether oxygens (including phenoxy) is 1. The van der Waals surface area contributed by atoms with Crippen LogP contribution in [0.4, 0.5) is 10.5 Å². The molecule has 2 aliphatic rings. The van der Waals surface area contributed by atoms with Gasteiger partial charge in [0, 0.05) is 17.2 Å². The summed E-state index contributed by atoms with van der Waals surface area (Å²) in [6.45, 7) is 0.0192. The van der Waals surface area contributed by atoms with Crippen molar-refractivity contribution in [2.45, 2.75) is 18.9 Å². The van der Waals surface area contributed by atoms with Gasteiger partial charge >= 0.3 is 6.09 Å². The van der Waals surface area contributed by atoms with Crippen molar-refractivity contribution >= 4 is 23.5 Å². The minimum atomic E-state index is -0.690. The van der Waals surface area contributed by atoms with E-state index in [1.807, 2.05) is 0 Å². The average molecular weight is 274 g/mol. The van der Waals surface area contributed by atoms with Gasteiger partial charge < -0.3 is 15.4 Å². The van der Waals surface area contributed by atoms with Crippen LogP contribution in [0.1, 0.15) is 23.2 Å². The summed E-state index contributed by atoms with van der Waals surface area (Å²) in [5, 5.41) is 5.07. The van der Waals surface area contributed by atoms with Gasteiger partial charge in [0.25, 0.3) is 5.91 Å². The maximum absolute atomic E-state index is 12.0. The number of anilines is 1. The molecule has 104 valence electrons. The number of Topliss-reactive ketones (excluding diaryl/α,β-unsaturated/α-hetero) is 1. The second-order valence-electron chi connectivity index (χ2n) is 5.00. The zero-order valence-corrected chi connectivity index (χ0v) is 10.7. The molecule has 1 saturated heterocycles. The zero-order valence-electron chi connectivity index (χ0n) is 10.7. The van der Waals surface area contributed by atoms with Gasteiger partial charge in [-0.2, -0.15) is 0 Å². The van der Waals surface area contributed by atoms with E-state index < -0.39 is 12.1 Å². The molecule has 6 nitrogen and oxygen atoms in total. The van der Waals surface area contributed by atoms with Crippen LogP contribution in [0.15, 0.2) is 24.3 Å². The van der Waals surface area contributed by atoms with Crippen molar-refractivity contribution < 1.29 is 19.1 Å². The maximum atomic E-state index is 12.0. The minimum Gasteiger partial charge on any atom is -0.447 e. The van der Waals surface area contributed by atoms with Gasteiger partial charge in [0.05, 0.1) is 0 Å². The van der Waals surface area contributed by atoms with Crippen molar-refractivity contribution in [3.05, 3.63) is 29.8 Å². The van der Waals surface area contributed by atoms with E-state index in [-0.39, 0.29) is 24.2 Å². The maximum Gasteiger partial charge on any atom is 0.407 e. The van der Waals surface area contributed by atoms with Crippen molar-refractivity contribution in [1.82, 2.24) is 5.32 Å². The molecule has 1 saturated carbocycles. The first-order chi connectivity index (χ1) is 9.63. The Hall–Kier alpha value is -2.37. The molecule has 20 heavy (non-hydrogen) atoms. The number of hydrogen-bond donors (Lipinski definition) is 2. The van der Waals surface area contributed by atoms with E-state index in [1.165, 1.54) is 0 Å². The van der Waals surface area contributed by atoms with Crippen molar-refractivity contribution in [3.63, 3.8) is 0 Å². The lowest BCUT2D eigenvalue weighted by Crippen LogP contribution is -2.38. The molecule has 1 aliphatic carbocycles. The molecular weight excluding hydrogens is 260 g/mol. The van der Waals surface area contributed by atoms with E-state index >= 15 is 0 Å². The van der Waals surface area contributed by atoms with E-state index in [9.17, 15) is 14.4 Å². The fraction of sp³-hybridized carbons (Fsp3) is 0.357. The van der Waals surface area contributed by atoms with Crippen molar-refractivity contribution in [2.75, 3.05) is 11.9 Å². The Labute approximate surface area is 115 Å². The Balaban J connectivity index is 1.67. The molecule has 2 amide bonds. The van der Waals surface area contributed by atoms with Crippen LogP contribution in [0.2, 0.25) is 0 Å². The highest BCUT2D eigenvalue weighted by Crippen LogP contribution is 2.33. The van der Waals surface area contributed by atoms with E-state index in [1.54, 1.807) is 24.3 Å². The molecule has 6 heteroatoms. The first-order valence-corrected chi connectivity index (χ1v) is 6.52. The summed E-state index contributed by atoms with van der Waals surface area (Å²) in [6.07, 6.45) is 1.30. The Bertz CT molecular complexity index is 580. The molecule has 0 spiro atoms. The van der Waals surface area contributed by atoms with Crippen LogP contribution < -0.4 is 10.6 Å². The topological polar surface area (TPSA) is 84.5 Å². The number of cyclic esters (lactones) is 1. The van der Waals surface area contributed by atoms with Crippen LogP contribution in [0, 0.1) is 5.92 Å². The van der Waals surface area contributed by atoms with Crippen LogP contribution >= 0.6 is 0 Å². The fourth-order valence-electron chi connectivity index (χ4n) is 2.09. The lowest BCUT2D eigenvalue weighted by atomic mass is 10.1. The molecule has 2 fully saturated rings. The molecule has 1 aromatic rings. The molecule has 0 aromatic heterocycles. The summed E-state index contributed by atoms with van der Waals surface area (Å²) >= 11 is 0. The number of ketones is 1. The van der Waals surface area contributed by atoms with Gasteiger partial charge in [0.2, 0.25) is 0 Å². The summed E-state index contributed by atoms with van der Waals surface area (Å²) in [6, 6.07) is 6.16. The molecule has 0 unspecified atom stereocenters. The molecule has 1 atom stereocenters. The SMILES string of the molecule is O=C1N[C@@H](C(=O)Nc2cccc(C(=O)C3CC3)c2)CO1. The third-order valence-electron chi connectivity index (χ3n) is 3.35. The third-order valence-corrected chi connectivity index (χ3v) is 3.35. The molecule has 1 aromatic carbocycles. The number of nitrogens with one attached hydrogen (secondary N) is 2. The summed E-state index contributed by atoms with van der Waals surface area (Å²) in [5.41, 5.74) is 1.15. The standard InChI is InChI=1S/C14H14N2O4/c17-12(8-4-5-8)9-2-1-3-10(6-9)15-13(18)11-7-20-14(19)16-11/h1-3,6,8,11H,4-5,7H2,(H,15,18)(H,16,19)/t11-/m1/s1. The number of rotatable bonds is 4. The highest BCUT2D eigenvalue weighted by Gasteiger charge is 2.31. The number of benzene rings is 1. The summed E-state index contributed by atoms with van der Waals surface area (Å²) in [7, 11) is 0. The van der Waals surface area contributed by atoms with Gasteiger partial charge in [-0.1, -0.05) is 12.1 Å². The third kappa shape index (κ3) is 2.64. The van der Waals surface area contributed by atoms with E-state index in [0.717, 1.165) is 12.8 Å². The van der Waals surface area contributed by atoms with Gasteiger partial charge in [-0.3, -0.25) is 9.59 Å². The van der Waals surface area contributed by atoms with E-state index in [2.05, 4.69) is 15.4 Å². The van der Waals surface area contributed by atoms with Crippen LogP contribution in [-0.4, -0.2) is 30.4 Å². The number of hydrogen-bond acceptors (Lipinski definition) is 4. The molecule has 0 radical (unpaired) electrons. The quantitative estimate of drug-likeness (QED) is 0.811. The molecule has 1 aliphatic heterocycles. The number of carbonyl (C=O) groups excluding carboxylic acids is 3. The Morgan fingerprint density at radius 2 is 2.10 bits per heavy atom. The Morgan fingerprint density at radius 1 is 1.30 bits per heavy atom. The highest BCUT2D eigenvalue weighted by atomic mass is 16.6. The Kier molecular flexibility index (Phi) is 3.14. The Morgan fingerprint density at radius 3 is 2.75 bits per heavy atom. The van der Waals surface area contributed by atoms with Crippen LogP contribution in [0.3, 0.4) is 0 Å². The van der Waals surface area contributed by atoms with Crippen LogP contribution in [0.5, 0.6) is 0 Å². The predicted octanol–water partition coefficient (Wildman–Crippen LogP) is 1.33. The first-order valence-electron chi connectivity index (χ1n) is 6.52. The lowest BCUT2D eigenvalue weighted by Gasteiger charge is -2.10. The smallest absolute Gasteiger partial charge is 0.407 e. The molecule has 2 N–H and O–H groups in total. The molecule has 1 heterocycles. The summed E-state index contributed by atoms with van der Waals surface area (Å²) in [5.74, 6) is -0.0889. The van der Waals surface area contributed by atoms with Crippen molar-refractivity contribution in [2.24, 2.45) is 5.92 Å². The van der Waals surface area contributed by atoms with Gasteiger partial charge in [-0.15, -0.1) is 0 Å². The predicted molar refractivity (Wildman–Crippen MR) is 70.4 cm³/mol. The molecule has 0 bridgehead atoms. The number of carbonyl (C=O) groups is 3. The van der Waals surface area contributed by atoms with Gasteiger partial charge in [0.1, 0.15) is 12.6 Å². The average Bonchev–Trinajstić information content (AvgIpc) is 3.20. The zero-order chi connectivity index (χ0) is 14.1. The van der Waals surface area contributed by atoms with Crippen molar-refractivity contribution in [3.8, 4) is 0 Å². The lowest BCUT2D eigenvalue weighted by molar-refractivity contribution is -0.117. The van der Waals surface area contributed by atoms with Gasteiger partial charge in [-0.05, 0) is 25.0 Å². The molecule has 3 rings (SSSR count). The monoisotopic (exact) mass is 274 g/mol. The number of alkyl carbamates (subject to hydrolysis) is 1. The minimum absolute atomic E-state index is 0.0192. The van der Waals surface area contributed by atoms with Crippen LogP contribution in [0.25, 0.3) is 0 Å². The largest absolute Gasteiger partial charge is 0.447 e. The van der Waals surface area contributed by atoms with E-state index in [0.29, 0.717) is 11.3 Å². The number of amides is 2. The van der Waals surface area contributed by atoms with Gasteiger partial charge in [0.15, 0.2) is 5.78 Å². The van der Waals surface area contributed by atoms with Crippen molar-refractivity contribution in [1.29, 1.82) is 0 Å². The highest BCUT2D eigenvalue weighted by molar-refractivity contribution is 6.02. The van der Waals surface area contributed by atoms with Gasteiger partial charge in [-0.25, -0.2) is 4.79 Å². The molecular formula is C14H14N2O4. The second kappa shape index (κ2) is 4.96. The fourth-order valence-corrected chi connectivity index (χ4v) is 2.09.